The molecule has 2 amide bonds. The highest BCUT2D eigenvalue weighted by atomic mass is 16.7. The first-order valence-electron chi connectivity index (χ1n) is 5.22. The van der Waals surface area contributed by atoms with Gasteiger partial charge in [-0.3, -0.25) is 14.4 Å². The van der Waals surface area contributed by atoms with Gasteiger partial charge in [0.05, 0.1) is 6.07 Å². The van der Waals surface area contributed by atoms with Gasteiger partial charge < -0.3 is 5.73 Å². The number of hydrogen-bond acceptors (Lipinski definition) is 4. The average Bonchev–Trinajstić information content (AvgIpc) is 2.29. The number of primary amides is 1. The monoisotopic (exact) mass is 225 g/mol. The maximum atomic E-state index is 11.7. The highest BCUT2D eigenvalue weighted by molar-refractivity contribution is 5.84. The average molecular weight is 225 g/mol. The Hall–Kier alpha value is -1.61. The molecule has 0 aromatic rings. The molecular formula is C10H15N3O3. The Morgan fingerprint density at radius 1 is 1.38 bits per heavy atom. The molecule has 88 valence electrons. The Balaban J connectivity index is 2.49. The first-order valence-corrected chi connectivity index (χ1v) is 5.22. The van der Waals surface area contributed by atoms with E-state index >= 15 is 0 Å². The number of rotatable bonds is 4. The van der Waals surface area contributed by atoms with E-state index in [1.54, 1.807) is 0 Å². The van der Waals surface area contributed by atoms with Crippen LogP contribution in [0.2, 0.25) is 0 Å². The molecule has 1 rings (SSSR count). The van der Waals surface area contributed by atoms with Crippen molar-refractivity contribution >= 4 is 11.8 Å². The summed E-state index contributed by atoms with van der Waals surface area (Å²) in [5.74, 6) is -1.15. The maximum absolute atomic E-state index is 11.7. The zero-order chi connectivity index (χ0) is 12.0. The van der Waals surface area contributed by atoms with Gasteiger partial charge in [0, 0.05) is 0 Å². The lowest BCUT2D eigenvalue weighted by Gasteiger charge is -2.28. The second kappa shape index (κ2) is 5.47. The Bertz CT molecular complexity index is 316. The third-order valence-electron chi connectivity index (χ3n) is 2.74. The third kappa shape index (κ3) is 2.94. The predicted octanol–water partition coefficient (Wildman–Crippen LogP) is -0.00642. The van der Waals surface area contributed by atoms with Gasteiger partial charge in [0.1, 0.15) is 5.41 Å². The summed E-state index contributed by atoms with van der Waals surface area (Å²) in [4.78, 5) is 26.7. The van der Waals surface area contributed by atoms with Crippen LogP contribution >= 0.6 is 0 Å². The molecule has 0 aromatic carbocycles. The minimum atomic E-state index is -1.00. The molecule has 0 aromatic heterocycles. The number of carbonyl (C=O) groups excluding carboxylic acids is 2. The number of carbonyl (C=O) groups is 2. The fourth-order valence-electron chi connectivity index (χ4n) is 1.82. The molecule has 16 heavy (non-hydrogen) atoms. The second-order valence-electron chi connectivity index (χ2n) is 3.94. The first-order chi connectivity index (χ1) is 7.60. The topological polar surface area (TPSA) is 105 Å². The maximum Gasteiger partial charge on any atom is 0.264 e. The fourth-order valence-corrected chi connectivity index (χ4v) is 1.82. The highest BCUT2D eigenvalue weighted by Gasteiger charge is 2.40. The molecule has 0 radical (unpaired) electrons. The smallest absolute Gasteiger partial charge is 0.264 e. The summed E-state index contributed by atoms with van der Waals surface area (Å²) in [5.41, 5.74) is 5.95. The lowest BCUT2D eigenvalue weighted by molar-refractivity contribution is -0.145. The van der Waals surface area contributed by atoms with Crippen LogP contribution in [0, 0.1) is 16.7 Å². The summed E-state index contributed by atoms with van der Waals surface area (Å²) in [6.07, 6.45) is 3.83. The molecule has 1 aliphatic rings. The molecule has 0 unspecified atom stereocenters. The molecule has 1 fully saturated rings. The predicted molar refractivity (Wildman–Crippen MR) is 54.4 cm³/mol. The van der Waals surface area contributed by atoms with Crippen LogP contribution in [-0.2, 0) is 14.4 Å². The molecule has 0 saturated heterocycles. The molecule has 0 aliphatic heterocycles. The number of nitrogens with one attached hydrogen (secondary N) is 1. The molecule has 0 heterocycles. The van der Waals surface area contributed by atoms with Crippen molar-refractivity contribution in [1.82, 2.24) is 5.48 Å². The van der Waals surface area contributed by atoms with E-state index in [9.17, 15) is 9.59 Å². The van der Waals surface area contributed by atoms with Crippen molar-refractivity contribution in [3.05, 3.63) is 0 Å². The minimum absolute atomic E-state index is 0.382. The van der Waals surface area contributed by atoms with Gasteiger partial charge >= 0.3 is 0 Å². The van der Waals surface area contributed by atoms with Gasteiger partial charge in [-0.1, -0.05) is 19.3 Å². The van der Waals surface area contributed by atoms with Crippen molar-refractivity contribution < 1.29 is 14.4 Å². The quantitative estimate of drug-likeness (QED) is 0.656. The molecule has 6 heteroatoms. The van der Waals surface area contributed by atoms with Crippen molar-refractivity contribution in [2.24, 2.45) is 11.1 Å². The van der Waals surface area contributed by atoms with E-state index in [0.717, 1.165) is 19.3 Å². The number of nitrogens with two attached hydrogens (primary N) is 1. The molecule has 6 nitrogen and oxygen atoms in total. The van der Waals surface area contributed by atoms with Crippen molar-refractivity contribution in [2.75, 3.05) is 6.61 Å². The lowest BCUT2D eigenvalue weighted by atomic mass is 9.75. The Kier molecular flexibility index (Phi) is 4.26. The van der Waals surface area contributed by atoms with E-state index in [1.165, 1.54) is 0 Å². The Morgan fingerprint density at radius 3 is 2.50 bits per heavy atom. The minimum Gasteiger partial charge on any atom is -0.368 e. The molecule has 0 atom stereocenters. The summed E-state index contributed by atoms with van der Waals surface area (Å²) >= 11 is 0. The SMILES string of the molecule is N#CC1(C(=O)NOCC(N)=O)CCCCC1. The summed E-state index contributed by atoms with van der Waals surface area (Å²) in [7, 11) is 0. The van der Waals surface area contributed by atoms with Crippen LogP contribution in [0.15, 0.2) is 0 Å². The standard InChI is InChI=1S/C10H15N3O3/c11-7-10(4-2-1-3-5-10)9(15)13-16-6-8(12)14/h1-6H2,(H2,12,14)(H,13,15). The summed E-state index contributed by atoms with van der Waals surface area (Å²) in [6.45, 7) is -0.382. The normalized spacial score (nSPS) is 18.4. The van der Waals surface area contributed by atoms with E-state index in [4.69, 9.17) is 11.0 Å². The lowest BCUT2D eigenvalue weighted by Crippen LogP contribution is -2.42. The molecule has 1 aliphatic carbocycles. The van der Waals surface area contributed by atoms with Crippen molar-refractivity contribution in [1.29, 1.82) is 5.26 Å². The fraction of sp³-hybridized carbons (Fsp3) is 0.700. The van der Waals surface area contributed by atoms with E-state index in [0.29, 0.717) is 12.8 Å². The number of nitriles is 1. The van der Waals surface area contributed by atoms with E-state index < -0.39 is 17.2 Å². The van der Waals surface area contributed by atoms with Crippen LogP contribution in [0.3, 0.4) is 0 Å². The second-order valence-corrected chi connectivity index (χ2v) is 3.94. The third-order valence-corrected chi connectivity index (χ3v) is 2.74. The summed E-state index contributed by atoms with van der Waals surface area (Å²) < 4.78 is 0. The summed E-state index contributed by atoms with van der Waals surface area (Å²) in [5, 5.41) is 9.06. The Morgan fingerprint density at radius 2 is 2.00 bits per heavy atom. The number of amides is 2. The van der Waals surface area contributed by atoms with Crippen molar-refractivity contribution in [3.63, 3.8) is 0 Å². The Labute approximate surface area is 93.7 Å². The van der Waals surface area contributed by atoms with Gasteiger partial charge in [-0.15, -0.1) is 0 Å². The van der Waals surface area contributed by atoms with E-state index in [2.05, 4.69) is 10.3 Å². The van der Waals surface area contributed by atoms with Crippen LogP contribution in [-0.4, -0.2) is 18.4 Å². The number of hydrogen-bond donors (Lipinski definition) is 2. The number of hydroxylamine groups is 1. The van der Waals surface area contributed by atoms with Gasteiger partial charge in [-0.2, -0.15) is 5.26 Å². The largest absolute Gasteiger partial charge is 0.368 e. The molecule has 0 spiro atoms. The van der Waals surface area contributed by atoms with Gasteiger partial charge in [0.25, 0.3) is 5.91 Å². The van der Waals surface area contributed by atoms with E-state index in [-0.39, 0.29) is 6.61 Å². The van der Waals surface area contributed by atoms with Crippen LogP contribution in [0.25, 0.3) is 0 Å². The summed E-state index contributed by atoms with van der Waals surface area (Å²) in [6, 6.07) is 2.05. The van der Waals surface area contributed by atoms with Gasteiger partial charge in [-0.05, 0) is 12.8 Å². The molecular weight excluding hydrogens is 210 g/mol. The van der Waals surface area contributed by atoms with Crippen LogP contribution in [0.5, 0.6) is 0 Å². The van der Waals surface area contributed by atoms with Crippen LogP contribution in [0.1, 0.15) is 32.1 Å². The van der Waals surface area contributed by atoms with Crippen molar-refractivity contribution in [2.45, 2.75) is 32.1 Å². The zero-order valence-electron chi connectivity index (χ0n) is 8.99. The van der Waals surface area contributed by atoms with Crippen LogP contribution in [0.4, 0.5) is 0 Å². The molecule has 0 bridgehead atoms. The molecule has 3 N–H and O–H groups in total. The molecule has 1 saturated carbocycles. The van der Waals surface area contributed by atoms with Gasteiger partial charge in [0.15, 0.2) is 6.61 Å². The highest BCUT2D eigenvalue weighted by Crippen LogP contribution is 2.35. The van der Waals surface area contributed by atoms with Gasteiger partial charge in [0.2, 0.25) is 5.91 Å². The van der Waals surface area contributed by atoms with Gasteiger partial charge in [-0.25, -0.2) is 5.48 Å². The van der Waals surface area contributed by atoms with Crippen molar-refractivity contribution in [3.8, 4) is 6.07 Å². The number of nitrogens with zero attached hydrogens (tertiary/aromatic N) is 1. The zero-order valence-corrected chi connectivity index (χ0v) is 8.99. The first kappa shape index (κ1) is 12.5. The van der Waals surface area contributed by atoms with Crippen LogP contribution < -0.4 is 11.2 Å². The van der Waals surface area contributed by atoms with E-state index in [1.807, 2.05) is 6.07 Å².